The predicted octanol–water partition coefficient (Wildman–Crippen LogP) is 3.80. The Labute approximate surface area is 101 Å². The molecule has 0 saturated heterocycles. The summed E-state index contributed by atoms with van der Waals surface area (Å²) in [4.78, 5) is 0.922. The maximum Gasteiger partial charge on any atom is 0.117 e. The summed E-state index contributed by atoms with van der Waals surface area (Å²) in [5.74, 6) is 1.61. The fraction of sp³-hybridized carbons (Fsp3) is 0.273. The van der Waals surface area contributed by atoms with Gasteiger partial charge in [-0.2, -0.15) is 0 Å². The summed E-state index contributed by atoms with van der Waals surface area (Å²) in [6.45, 7) is 3.75. The Kier molecular flexibility index (Phi) is 3.00. The van der Waals surface area contributed by atoms with Crippen LogP contribution >= 0.6 is 27.3 Å². The van der Waals surface area contributed by atoms with Gasteiger partial charge in [0.1, 0.15) is 17.6 Å². The molecule has 2 heterocycles. The van der Waals surface area contributed by atoms with E-state index in [2.05, 4.69) is 15.9 Å². The minimum atomic E-state index is -0.584. The molecule has 2 rings (SSSR count). The minimum absolute atomic E-state index is 0.584. The van der Waals surface area contributed by atoms with Crippen LogP contribution in [0.25, 0.3) is 0 Å². The Balaban J connectivity index is 2.35. The minimum Gasteiger partial charge on any atom is -0.466 e. The summed E-state index contributed by atoms with van der Waals surface area (Å²) in [7, 11) is 0. The van der Waals surface area contributed by atoms with Gasteiger partial charge >= 0.3 is 0 Å². The zero-order chi connectivity index (χ0) is 11.0. The van der Waals surface area contributed by atoms with Gasteiger partial charge in [-0.3, -0.25) is 0 Å². The van der Waals surface area contributed by atoms with Crippen LogP contribution in [-0.2, 0) is 0 Å². The van der Waals surface area contributed by atoms with Crippen LogP contribution in [0.15, 0.2) is 26.4 Å². The first-order valence-corrected chi connectivity index (χ1v) is 6.19. The van der Waals surface area contributed by atoms with Gasteiger partial charge in [-0.1, -0.05) is 0 Å². The molecule has 2 aromatic heterocycles. The quantitative estimate of drug-likeness (QED) is 0.911. The van der Waals surface area contributed by atoms with E-state index >= 15 is 0 Å². The Morgan fingerprint density at radius 1 is 1.40 bits per heavy atom. The van der Waals surface area contributed by atoms with Gasteiger partial charge in [0.15, 0.2) is 0 Å². The molecule has 1 unspecified atom stereocenters. The lowest BCUT2D eigenvalue weighted by molar-refractivity contribution is 0.222. The number of hydrogen-bond acceptors (Lipinski definition) is 3. The van der Waals surface area contributed by atoms with Crippen molar-refractivity contribution in [2.75, 3.05) is 0 Å². The van der Waals surface area contributed by atoms with Crippen molar-refractivity contribution < 1.29 is 9.52 Å². The van der Waals surface area contributed by atoms with Gasteiger partial charge in [0, 0.05) is 10.4 Å². The van der Waals surface area contributed by atoms with E-state index in [1.165, 1.54) is 11.3 Å². The van der Waals surface area contributed by atoms with E-state index in [-0.39, 0.29) is 0 Å². The van der Waals surface area contributed by atoms with Gasteiger partial charge in [0.2, 0.25) is 0 Å². The molecule has 0 fully saturated rings. The fourth-order valence-corrected chi connectivity index (χ4v) is 2.98. The molecule has 0 aliphatic carbocycles. The summed E-state index contributed by atoms with van der Waals surface area (Å²) < 4.78 is 6.42. The molecule has 0 aromatic carbocycles. The monoisotopic (exact) mass is 286 g/mol. The number of aliphatic hydroxyl groups is 1. The Hall–Kier alpha value is -0.580. The molecule has 80 valence electrons. The Morgan fingerprint density at radius 2 is 2.13 bits per heavy atom. The molecular formula is C11H11BrO2S. The van der Waals surface area contributed by atoms with Crippen LogP contribution in [0.2, 0.25) is 0 Å². The van der Waals surface area contributed by atoms with E-state index in [1.54, 1.807) is 0 Å². The normalized spacial score (nSPS) is 13.1. The fourth-order valence-electron chi connectivity index (χ4n) is 1.55. The first-order chi connectivity index (χ1) is 7.08. The smallest absolute Gasteiger partial charge is 0.117 e. The lowest BCUT2D eigenvalue weighted by Crippen LogP contribution is -1.96. The van der Waals surface area contributed by atoms with E-state index in [0.717, 1.165) is 25.7 Å². The summed E-state index contributed by atoms with van der Waals surface area (Å²) >= 11 is 4.91. The summed E-state index contributed by atoms with van der Waals surface area (Å²) in [5, 5.41) is 10.1. The van der Waals surface area contributed by atoms with Gasteiger partial charge in [-0.25, -0.2) is 0 Å². The van der Waals surface area contributed by atoms with Crippen molar-refractivity contribution in [3.05, 3.63) is 43.9 Å². The second-order valence-corrected chi connectivity index (χ2v) is 5.91. The molecule has 0 aliphatic heterocycles. The van der Waals surface area contributed by atoms with Crippen molar-refractivity contribution in [3.63, 3.8) is 0 Å². The largest absolute Gasteiger partial charge is 0.466 e. The highest BCUT2D eigenvalue weighted by atomic mass is 79.9. The SMILES string of the molecule is Cc1cc(C(O)c2ccc(Br)s2)c(C)o1. The molecule has 0 aliphatic rings. The molecule has 15 heavy (non-hydrogen) atoms. The molecule has 1 atom stereocenters. The van der Waals surface area contributed by atoms with Crippen LogP contribution in [-0.4, -0.2) is 5.11 Å². The lowest BCUT2D eigenvalue weighted by atomic mass is 10.1. The molecule has 0 amide bonds. The van der Waals surface area contributed by atoms with Gasteiger partial charge in [0.25, 0.3) is 0 Å². The lowest BCUT2D eigenvalue weighted by Gasteiger charge is -2.06. The highest BCUT2D eigenvalue weighted by Crippen LogP contribution is 2.33. The molecule has 0 radical (unpaired) electrons. The van der Waals surface area contributed by atoms with Crippen LogP contribution in [0, 0.1) is 13.8 Å². The zero-order valence-electron chi connectivity index (χ0n) is 8.45. The number of aliphatic hydroxyl groups excluding tert-OH is 1. The van der Waals surface area contributed by atoms with Crippen molar-refractivity contribution in [2.24, 2.45) is 0 Å². The van der Waals surface area contributed by atoms with E-state index < -0.39 is 6.10 Å². The Morgan fingerprint density at radius 3 is 2.60 bits per heavy atom. The second kappa shape index (κ2) is 4.12. The van der Waals surface area contributed by atoms with E-state index in [1.807, 2.05) is 32.0 Å². The topological polar surface area (TPSA) is 33.4 Å². The van der Waals surface area contributed by atoms with Crippen LogP contribution < -0.4 is 0 Å². The van der Waals surface area contributed by atoms with E-state index in [9.17, 15) is 5.11 Å². The number of aryl methyl sites for hydroxylation is 2. The van der Waals surface area contributed by atoms with Gasteiger partial charge in [-0.05, 0) is 48.0 Å². The average molecular weight is 287 g/mol. The number of rotatable bonds is 2. The predicted molar refractivity (Wildman–Crippen MR) is 64.3 cm³/mol. The van der Waals surface area contributed by atoms with Crippen molar-refractivity contribution >= 4 is 27.3 Å². The third-order valence-corrected chi connectivity index (χ3v) is 3.91. The Bertz CT molecular complexity index is 473. The molecule has 0 saturated carbocycles. The van der Waals surface area contributed by atoms with Gasteiger partial charge in [0.05, 0.1) is 3.79 Å². The second-order valence-electron chi connectivity index (χ2n) is 3.41. The molecule has 0 spiro atoms. The maximum atomic E-state index is 10.1. The molecule has 2 aromatic rings. The number of furan rings is 1. The summed E-state index contributed by atoms with van der Waals surface area (Å²) in [6.07, 6.45) is -0.584. The van der Waals surface area contributed by atoms with E-state index in [4.69, 9.17) is 4.42 Å². The van der Waals surface area contributed by atoms with Gasteiger partial charge in [-0.15, -0.1) is 11.3 Å². The third kappa shape index (κ3) is 2.17. The third-order valence-electron chi connectivity index (χ3n) is 2.24. The number of thiophene rings is 1. The molecule has 1 N–H and O–H groups in total. The first kappa shape index (κ1) is 10.9. The van der Waals surface area contributed by atoms with Crippen LogP contribution in [0.1, 0.15) is 28.1 Å². The number of hydrogen-bond donors (Lipinski definition) is 1. The standard InChI is InChI=1S/C11H11BrO2S/c1-6-5-8(7(2)14-6)11(13)9-3-4-10(12)15-9/h3-5,11,13H,1-2H3. The van der Waals surface area contributed by atoms with Crippen molar-refractivity contribution in [1.82, 2.24) is 0 Å². The summed E-state index contributed by atoms with van der Waals surface area (Å²) in [5.41, 5.74) is 0.849. The number of halogens is 1. The highest BCUT2D eigenvalue weighted by molar-refractivity contribution is 9.11. The van der Waals surface area contributed by atoms with Crippen molar-refractivity contribution in [3.8, 4) is 0 Å². The molecule has 0 bridgehead atoms. The zero-order valence-corrected chi connectivity index (χ0v) is 10.9. The van der Waals surface area contributed by atoms with Crippen LogP contribution in [0.5, 0.6) is 0 Å². The maximum absolute atomic E-state index is 10.1. The molecule has 4 heteroatoms. The first-order valence-electron chi connectivity index (χ1n) is 4.58. The average Bonchev–Trinajstić information content (AvgIpc) is 2.71. The van der Waals surface area contributed by atoms with Crippen LogP contribution in [0.3, 0.4) is 0 Å². The van der Waals surface area contributed by atoms with Gasteiger partial charge < -0.3 is 9.52 Å². The molecular weight excluding hydrogens is 276 g/mol. The van der Waals surface area contributed by atoms with Crippen molar-refractivity contribution in [2.45, 2.75) is 20.0 Å². The van der Waals surface area contributed by atoms with Crippen molar-refractivity contribution in [1.29, 1.82) is 0 Å². The molecule has 2 nitrogen and oxygen atoms in total. The summed E-state index contributed by atoms with van der Waals surface area (Å²) in [6, 6.07) is 5.74. The highest BCUT2D eigenvalue weighted by Gasteiger charge is 2.17. The van der Waals surface area contributed by atoms with Crippen LogP contribution in [0.4, 0.5) is 0 Å². The van der Waals surface area contributed by atoms with E-state index in [0.29, 0.717) is 0 Å².